The summed E-state index contributed by atoms with van der Waals surface area (Å²) in [6, 6.07) is -1.26. The summed E-state index contributed by atoms with van der Waals surface area (Å²) in [5.41, 5.74) is 0. The van der Waals surface area contributed by atoms with Crippen molar-refractivity contribution in [3.8, 4) is 0 Å². The van der Waals surface area contributed by atoms with Gasteiger partial charge in [0.1, 0.15) is 0 Å². The Kier molecular flexibility index (Phi) is 10.4. The van der Waals surface area contributed by atoms with Crippen LogP contribution >= 0.6 is 0 Å². The fraction of sp³-hybridized carbons (Fsp3) is 1.00. The molecular formula is C10H24N2O6. The predicted molar refractivity (Wildman–Crippen MR) is 63.9 cm³/mol. The van der Waals surface area contributed by atoms with Gasteiger partial charge in [0.15, 0.2) is 0 Å². The van der Waals surface area contributed by atoms with Crippen LogP contribution in [-0.2, 0) is 0 Å². The van der Waals surface area contributed by atoms with Crippen molar-refractivity contribution in [2.45, 2.75) is 24.3 Å². The third kappa shape index (κ3) is 6.57. The first-order valence-electron chi connectivity index (χ1n) is 5.87. The van der Waals surface area contributed by atoms with Gasteiger partial charge in [-0.25, -0.2) is 0 Å². The summed E-state index contributed by atoms with van der Waals surface area (Å²) in [7, 11) is 0. The molecule has 0 fully saturated rings. The number of nitrogens with one attached hydrogen (secondary N) is 2. The molecule has 0 aromatic carbocycles. The van der Waals surface area contributed by atoms with Crippen molar-refractivity contribution in [3.05, 3.63) is 0 Å². The monoisotopic (exact) mass is 268 g/mol. The number of aliphatic hydroxyl groups is 6. The topological polar surface area (TPSA) is 145 Å². The van der Waals surface area contributed by atoms with Crippen LogP contribution in [0.25, 0.3) is 0 Å². The molecular weight excluding hydrogens is 244 g/mol. The molecule has 8 nitrogen and oxygen atoms in total. The van der Waals surface area contributed by atoms with E-state index in [4.69, 9.17) is 20.4 Å². The Labute approximate surface area is 106 Å². The lowest BCUT2D eigenvalue weighted by atomic mass is 10.1. The van der Waals surface area contributed by atoms with Gasteiger partial charge in [0.2, 0.25) is 0 Å². The van der Waals surface area contributed by atoms with Crippen molar-refractivity contribution in [2.75, 3.05) is 39.5 Å². The fourth-order valence-electron chi connectivity index (χ4n) is 1.41. The Hall–Kier alpha value is -0.320. The van der Waals surface area contributed by atoms with Crippen LogP contribution in [0.2, 0.25) is 0 Å². The van der Waals surface area contributed by atoms with Gasteiger partial charge in [-0.2, -0.15) is 0 Å². The Morgan fingerprint density at radius 3 is 1.17 bits per heavy atom. The van der Waals surface area contributed by atoms with Crippen LogP contribution in [-0.4, -0.2) is 94.4 Å². The highest BCUT2D eigenvalue weighted by Crippen LogP contribution is 1.93. The highest BCUT2D eigenvalue weighted by atomic mass is 16.3. The zero-order chi connectivity index (χ0) is 14.0. The van der Waals surface area contributed by atoms with Crippen molar-refractivity contribution >= 4 is 0 Å². The van der Waals surface area contributed by atoms with Crippen LogP contribution in [0, 0.1) is 0 Å². The molecule has 8 N–H and O–H groups in total. The van der Waals surface area contributed by atoms with Crippen LogP contribution in [0.4, 0.5) is 0 Å². The van der Waals surface area contributed by atoms with Crippen LogP contribution < -0.4 is 10.6 Å². The molecule has 0 aliphatic carbocycles. The van der Waals surface area contributed by atoms with Crippen LogP contribution in [0.3, 0.4) is 0 Å². The molecule has 0 bridgehead atoms. The lowest BCUT2D eigenvalue weighted by molar-refractivity contribution is 0.0367. The zero-order valence-electron chi connectivity index (χ0n) is 10.2. The molecule has 0 amide bonds. The molecule has 0 rings (SSSR count). The first-order chi connectivity index (χ1) is 8.60. The van der Waals surface area contributed by atoms with Crippen molar-refractivity contribution < 1.29 is 30.6 Å². The fourth-order valence-corrected chi connectivity index (χ4v) is 1.41. The third-order valence-electron chi connectivity index (χ3n) is 2.63. The minimum atomic E-state index is -1.05. The van der Waals surface area contributed by atoms with Crippen LogP contribution in [0.15, 0.2) is 0 Å². The summed E-state index contributed by atoms with van der Waals surface area (Å²) < 4.78 is 0. The van der Waals surface area contributed by atoms with Crippen molar-refractivity contribution in [1.29, 1.82) is 0 Å². The highest BCUT2D eigenvalue weighted by Gasteiger charge is 2.18. The molecule has 0 aliphatic rings. The molecule has 110 valence electrons. The van der Waals surface area contributed by atoms with E-state index in [2.05, 4.69) is 10.6 Å². The van der Waals surface area contributed by atoms with Gasteiger partial charge in [-0.15, -0.1) is 0 Å². The van der Waals surface area contributed by atoms with Gasteiger partial charge in [-0.05, 0) is 0 Å². The number of aliphatic hydroxyl groups excluding tert-OH is 6. The minimum absolute atomic E-state index is 0.315. The largest absolute Gasteiger partial charge is 0.395 e. The average molecular weight is 268 g/mol. The average Bonchev–Trinajstić information content (AvgIpc) is 2.41. The first-order valence-corrected chi connectivity index (χ1v) is 5.87. The SMILES string of the molecule is OC[C@@H](O)[C@@H](CO)NCCN[C@@H](CO)[C@@H](O)CO. The maximum Gasteiger partial charge on any atom is 0.0945 e. The van der Waals surface area contributed by atoms with E-state index in [1.54, 1.807) is 0 Å². The Morgan fingerprint density at radius 1 is 0.611 bits per heavy atom. The summed E-state index contributed by atoms with van der Waals surface area (Å²) in [6.45, 7) is -0.814. The van der Waals surface area contributed by atoms with Gasteiger partial charge >= 0.3 is 0 Å². The Morgan fingerprint density at radius 2 is 0.944 bits per heavy atom. The molecule has 0 saturated carbocycles. The van der Waals surface area contributed by atoms with Gasteiger partial charge in [0.05, 0.1) is 50.7 Å². The summed E-state index contributed by atoms with van der Waals surface area (Å²) in [6.07, 6.45) is -2.10. The third-order valence-corrected chi connectivity index (χ3v) is 2.63. The zero-order valence-corrected chi connectivity index (χ0v) is 10.2. The molecule has 0 aromatic rings. The number of hydrogen-bond donors (Lipinski definition) is 8. The van der Waals surface area contributed by atoms with Crippen molar-refractivity contribution in [1.82, 2.24) is 10.6 Å². The van der Waals surface area contributed by atoms with Crippen molar-refractivity contribution in [2.24, 2.45) is 0 Å². The van der Waals surface area contributed by atoms with Crippen LogP contribution in [0.1, 0.15) is 0 Å². The molecule has 4 atom stereocenters. The molecule has 0 spiro atoms. The summed E-state index contributed by atoms with van der Waals surface area (Å²) in [5, 5.41) is 59.5. The van der Waals surface area contributed by atoms with E-state index in [9.17, 15) is 10.2 Å². The number of rotatable bonds is 11. The van der Waals surface area contributed by atoms with E-state index < -0.39 is 37.5 Å². The molecule has 0 radical (unpaired) electrons. The van der Waals surface area contributed by atoms with Gasteiger partial charge in [-0.1, -0.05) is 0 Å². The van der Waals surface area contributed by atoms with Gasteiger partial charge in [0.25, 0.3) is 0 Å². The molecule has 0 heterocycles. The summed E-state index contributed by atoms with van der Waals surface area (Å²) in [4.78, 5) is 0. The smallest absolute Gasteiger partial charge is 0.0945 e. The second kappa shape index (κ2) is 10.6. The van der Waals surface area contributed by atoms with E-state index >= 15 is 0 Å². The molecule has 0 aliphatic heterocycles. The van der Waals surface area contributed by atoms with E-state index in [1.807, 2.05) is 0 Å². The lowest BCUT2D eigenvalue weighted by Crippen LogP contribution is -2.50. The van der Waals surface area contributed by atoms with E-state index in [1.165, 1.54) is 0 Å². The minimum Gasteiger partial charge on any atom is -0.395 e. The normalized spacial score (nSPS) is 18.3. The maximum absolute atomic E-state index is 9.29. The number of hydrogen-bond acceptors (Lipinski definition) is 8. The molecule has 0 aromatic heterocycles. The second-order valence-corrected chi connectivity index (χ2v) is 3.99. The van der Waals surface area contributed by atoms with Crippen molar-refractivity contribution in [3.63, 3.8) is 0 Å². The molecule has 0 saturated heterocycles. The Bertz CT molecular complexity index is 177. The standard InChI is InChI=1S/C10H24N2O6/c13-3-7(9(17)5-15)11-1-2-12-8(4-14)10(18)6-16/h7-18H,1-6H2/t7-,8+,9-,10+. The van der Waals surface area contributed by atoms with Gasteiger partial charge < -0.3 is 41.3 Å². The summed E-state index contributed by atoms with van der Waals surface area (Å²) in [5.74, 6) is 0. The Balaban J connectivity index is 3.82. The van der Waals surface area contributed by atoms with Crippen LogP contribution in [0.5, 0.6) is 0 Å². The van der Waals surface area contributed by atoms with Gasteiger partial charge in [-0.3, -0.25) is 0 Å². The first kappa shape index (κ1) is 17.7. The quantitative estimate of drug-likeness (QED) is 0.175. The van der Waals surface area contributed by atoms with E-state index in [0.717, 1.165) is 0 Å². The van der Waals surface area contributed by atoms with E-state index in [0.29, 0.717) is 13.1 Å². The summed E-state index contributed by atoms with van der Waals surface area (Å²) >= 11 is 0. The predicted octanol–water partition coefficient (Wildman–Crippen LogP) is -4.41. The van der Waals surface area contributed by atoms with Gasteiger partial charge in [0, 0.05) is 13.1 Å². The second-order valence-electron chi connectivity index (χ2n) is 3.99. The molecule has 18 heavy (non-hydrogen) atoms. The maximum atomic E-state index is 9.29. The lowest BCUT2D eigenvalue weighted by Gasteiger charge is -2.23. The van der Waals surface area contributed by atoms with E-state index in [-0.39, 0.29) is 13.2 Å². The highest BCUT2D eigenvalue weighted by molar-refractivity contribution is 4.77. The molecule has 8 heteroatoms. The molecule has 0 unspecified atom stereocenters.